The van der Waals surface area contributed by atoms with Gasteiger partial charge in [0, 0.05) is 38.3 Å². The van der Waals surface area contributed by atoms with Crippen LogP contribution in [0.25, 0.3) is 6.08 Å². The first kappa shape index (κ1) is 19.9. The minimum Gasteiger partial charge on any atom is -0.352 e. The van der Waals surface area contributed by atoms with Gasteiger partial charge in [0.15, 0.2) is 0 Å². The van der Waals surface area contributed by atoms with Crippen LogP contribution in [0.15, 0.2) is 54.7 Å². The van der Waals surface area contributed by atoms with Gasteiger partial charge in [-0.1, -0.05) is 36.4 Å². The van der Waals surface area contributed by atoms with Gasteiger partial charge in [0.05, 0.1) is 12.5 Å². The lowest BCUT2D eigenvalue weighted by Gasteiger charge is -2.32. The van der Waals surface area contributed by atoms with Gasteiger partial charge in [-0.3, -0.25) is 14.4 Å². The van der Waals surface area contributed by atoms with Gasteiger partial charge in [0.2, 0.25) is 17.7 Å². The molecule has 30 heavy (non-hydrogen) atoms. The number of anilines is 1. The zero-order chi connectivity index (χ0) is 21.1. The smallest absolute Gasteiger partial charge is 0.227 e. The second-order valence-electron chi connectivity index (χ2n) is 7.68. The Morgan fingerprint density at radius 1 is 1.10 bits per heavy atom. The average Bonchev–Trinajstić information content (AvgIpc) is 3.18. The Morgan fingerprint density at radius 2 is 1.87 bits per heavy atom. The third-order valence-corrected chi connectivity index (χ3v) is 5.66. The summed E-state index contributed by atoms with van der Waals surface area (Å²) in [5, 5.41) is 2.95. The Kier molecular flexibility index (Phi) is 5.65. The third-order valence-electron chi connectivity index (χ3n) is 5.66. The molecule has 154 valence electrons. The number of nitrogens with one attached hydrogen (secondary N) is 1. The van der Waals surface area contributed by atoms with Gasteiger partial charge in [0.1, 0.15) is 0 Å². The van der Waals surface area contributed by atoms with Crippen LogP contribution in [0, 0.1) is 0 Å². The number of nitrogens with zero attached hydrogens (tertiary/aromatic N) is 2. The summed E-state index contributed by atoms with van der Waals surface area (Å²) >= 11 is 0. The van der Waals surface area contributed by atoms with Crippen LogP contribution < -0.4 is 10.2 Å². The van der Waals surface area contributed by atoms with Crippen LogP contribution in [-0.2, 0) is 20.9 Å². The van der Waals surface area contributed by atoms with Crippen LogP contribution in [-0.4, -0.2) is 29.2 Å². The van der Waals surface area contributed by atoms with E-state index >= 15 is 0 Å². The molecule has 6 nitrogen and oxygen atoms in total. The van der Waals surface area contributed by atoms with E-state index in [1.54, 1.807) is 16.0 Å². The molecular weight excluding hydrogens is 378 g/mol. The van der Waals surface area contributed by atoms with E-state index in [0.717, 1.165) is 35.3 Å². The van der Waals surface area contributed by atoms with Gasteiger partial charge >= 0.3 is 0 Å². The van der Waals surface area contributed by atoms with Gasteiger partial charge < -0.3 is 15.1 Å². The van der Waals surface area contributed by atoms with Crippen molar-refractivity contribution in [2.24, 2.45) is 0 Å². The molecule has 6 heteroatoms. The summed E-state index contributed by atoms with van der Waals surface area (Å²) in [5.41, 5.74) is 3.87. The SMILES string of the molecule is CC(=O)N1C=Cc2ccccc2[C@H]1CC(=O)NCc1ccc(N2CCCC2=O)cc1. The number of hydrogen-bond acceptors (Lipinski definition) is 3. The van der Waals surface area contributed by atoms with E-state index in [9.17, 15) is 14.4 Å². The minimum atomic E-state index is -0.313. The normalized spacial score (nSPS) is 17.8. The van der Waals surface area contributed by atoms with Gasteiger partial charge in [-0.15, -0.1) is 0 Å². The maximum absolute atomic E-state index is 12.7. The highest BCUT2D eigenvalue weighted by Gasteiger charge is 2.28. The van der Waals surface area contributed by atoms with E-state index in [1.807, 2.05) is 54.6 Å². The average molecular weight is 403 g/mol. The largest absolute Gasteiger partial charge is 0.352 e. The topological polar surface area (TPSA) is 69.7 Å². The number of benzene rings is 2. The molecule has 0 unspecified atom stereocenters. The summed E-state index contributed by atoms with van der Waals surface area (Å²) in [4.78, 5) is 40.0. The molecule has 2 aromatic rings. The van der Waals surface area contributed by atoms with E-state index in [2.05, 4.69) is 5.32 Å². The van der Waals surface area contributed by atoms with Crippen molar-refractivity contribution in [1.29, 1.82) is 0 Å². The van der Waals surface area contributed by atoms with Crippen LogP contribution >= 0.6 is 0 Å². The Morgan fingerprint density at radius 3 is 2.57 bits per heavy atom. The fourth-order valence-corrected chi connectivity index (χ4v) is 4.08. The summed E-state index contributed by atoms with van der Waals surface area (Å²) in [7, 11) is 0. The molecule has 0 radical (unpaired) electrons. The maximum Gasteiger partial charge on any atom is 0.227 e. The number of carbonyl (C=O) groups is 3. The molecule has 4 rings (SSSR count). The standard InChI is InChI=1S/C24H25N3O3/c1-17(28)26-14-12-19-5-2-3-6-21(19)22(26)15-23(29)25-16-18-8-10-20(11-9-18)27-13-4-7-24(27)30/h2-3,5-6,8-12,14,22H,4,7,13,15-16H2,1H3,(H,25,29)/t22-/m1/s1. The van der Waals surface area contributed by atoms with Crippen LogP contribution in [0.1, 0.15) is 48.9 Å². The fraction of sp³-hybridized carbons (Fsp3) is 0.292. The highest BCUT2D eigenvalue weighted by molar-refractivity contribution is 5.95. The molecule has 0 spiro atoms. The minimum absolute atomic E-state index is 0.0920. The van der Waals surface area contributed by atoms with Gasteiger partial charge in [-0.25, -0.2) is 0 Å². The quantitative estimate of drug-likeness (QED) is 0.832. The van der Waals surface area contributed by atoms with Crippen molar-refractivity contribution in [3.8, 4) is 0 Å². The molecule has 0 bridgehead atoms. The Labute approximate surface area is 176 Å². The highest BCUT2D eigenvalue weighted by Crippen LogP contribution is 2.32. The van der Waals surface area contributed by atoms with E-state index < -0.39 is 0 Å². The molecule has 1 atom stereocenters. The van der Waals surface area contributed by atoms with Crippen LogP contribution in [0.5, 0.6) is 0 Å². The molecule has 3 amide bonds. The first-order chi connectivity index (χ1) is 14.5. The number of rotatable bonds is 5. The van der Waals surface area contributed by atoms with Crippen molar-refractivity contribution in [3.63, 3.8) is 0 Å². The second-order valence-corrected chi connectivity index (χ2v) is 7.68. The van der Waals surface area contributed by atoms with Crippen LogP contribution in [0.3, 0.4) is 0 Å². The highest BCUT2D eigenvalue weighted by atomic mass is 16.2. The summed E-state index contributed by atoms with van der Waals surface area (Å²) < 4.78 is 0. The Bertz CT molecular complexity index is 997. The molecule has 1 fully saturated rings. The molecule has 2 aliphatic rings. The predicted octanol–water partition coefficient (Wildman–Crippen LogP) is 3.39. The van der Waals surface area contributed by atoms with E-state index in [-0.39, 0.29) is 30.2 Å². The monoisotopic (exact) mass is 403 g/mol. The first-order valence-electron chi connectivity index (χ1n) is 10.2. The zero-order valence-corrected chi connectivity index (χ0v) is 17.0. The lowest BCUT2D eigenvalue weighted by Crippen LogP contribution is -2.35. The van der Waals surface area contributed by atoms with Crippen molar-refractivity contribution >= 4 is 29.5 Å². The van der Waals surface area contributed by atoms with Gasteiger partial charge in [0.25, 0.3) is 0 Å². The fourth-order valence-electron chi connectivity index (χ4n) is 4.08. The maximum atomic E-state index is 12.7. The third kappa shape index (κ3) is 4.13. The molecule has 2 heterocycles. The lowest BCUT2D eigenvalue weighted by atomic mass is 9.93. The van der Waals surface area contributed by atoms with Crippen LogP contribution in [0.2, 0.25) is 0 Å². The van der Waals surface area contributed by atoms with E-state index in [4.69, 9.17) is 0 Å². The van der Waals surface area contributed by atoms with Gasteiger partial charge in [-0.2, -0.15) is 0 Å². The van der Waals surface area contributed by atoms with E-state index in [0.29, 0.717) is 13.0 Å². The van der Waals surface area contributed by atoms with Crippen LogP contribution in [0.4, 0.5) is 5.69 Å². The molecule has 1 saturated heterocycles. The van der Waals surface area contributed by atoms with Crippen molar-refractivity contribution in [1.82, 2.24) is 10.2 Å². The van der Waals surface area contributed by atoms with Crippen molar-refractivity contribution in [2.45, 2.75) is 38.8 Å². The molecule has 0 aliphatic carbocycles. The van der Waals surface area contributed by atoms with Crippen molar-refractivity contribution in [3.05, 3.63) is 71.4 Å². The molecule has 2 aliphatic heterocycles. The molecule has 0 saturated carbocycles. The van der Waals surface area contributed by atoms with E-state index in [1.165, 1.54) is 6.92 Å². The molecular formula is C24H25N3O3. The summed E-state index contributed by atoms with van der Waals surface area (Å²) in [6.45, 7) is 2.67. The number of hydrogen-bond donors (Lipinski definition) is 1. The molecule has 2 aromatic carbocycles. The Balaban J connectivity index is 1.39. The summed E-state index contributed by atoms with van der Waals surface area (Å²) in [5.74, 6) is -0.0476. The number of amides is 3. The Hall–Kier alpha value is -3.41. The summed E-state index contributed by atoms with van der Waals surface area (Å²) in [6.07, 6.45) is 5.35. The van der Waals surface area contributed by atoms with Crippen molar-refractivity contribution in [2.75, 3.05) is 11.4 Å². The predicted molar refractivity (Wildman–Crippen MR) is 115 cm³/mol. The number of carbonyl (C=O) groups excluding carboxylic acids is 3. The molecule has 1 N–H and O–H groups in total. The van der Waals surface area contributed by atoms with Gasteiger partial charge in [-0.05, 0) is 41.3 Å². The lowest BCUT2D eigenvalue weighted by molar-refractivity contribution is -0.130. The molecule has 0 aromatic heterocycles. The second kappa shape index (κ2) is 8.53. The number of fused-ring (bicyclic) bond motifs is 1. The first-order valence-corrected chi connectivity index (χ1v) is 10.2. The zero-order valence-electron chi connectivity index (χ0n) is 17.0. The van der Waals surface area contributed by atoms with Crippen molar-refractivity contribution < 1.29 is 14.4 Å². The summed E-state index contributed by atoms with van der Waals surface area (Å²) in [6, 6.07) is 15.2.